The first-order valence-electron chi connectivity index (χ1n) is 9.26. The van der Waals surface area contributed by atoms with Crippen LogP contribution in [0.4, 0.5) is 11.8 Å². The first-order chi connectivity index (χ1) is 13.6. The lowest BCUT2D eigenvalue weighted by Crippen LogP contribution is -2.42. The predicted molar refractivity (Wildman–Crippen MR) is 103 cm³/mol. The van der Waals surface area contributed by atoms with Gasteiger partial charge in [-0.2, -0.15) is 4.98 Å². The van der Waals surface area contributed by atoms with Gasteiger partial charge in [-0.15, -0.1) is 0 Å². The first-order valence-corrected chi connectivity index (χ1v) is 9.26. The lowest BCUT2D eigenvalue weighted by atomic mass is 10.1. The molecule has 5 heterocycles. The van der Waals surface area contributed by atoms with Crippen molar-refractivity contribution >= 4 is 23.3 Å². The largest absolute Gasteiger partial charge is 0.384 e. The number of nitrogen functional groups attached to an aromatic ring is 1. The zero-order valence-corrected chi connectivity index (χ0v) is 15.1. The zero-order valence-electron chi connectivity index (χ0n) is 15.1. The van der Waals surface area contributed by atoms with Crippen molar-refractivity contribution in [2.75, 3.05) is 23.7 Å². The average Bonchev–Trinajstić information content (AvgIpc) is 3.30. The van der Waals surface area contributed by atoms with Gasteiger partial charge in [-0.25, -0.2) is 9.97 Å². The summed E-state index contributed by atoms with van der Waals surface area (Å²) >= 11 is 0. The van der Waals surface area contributed by atoms with E-state index in [0.29, 0.717) is 24.0 Å². The summed E-state index contributed by atoms with van der Waals surface area (Å²) in [6.45, 7) is 1.33. The summed E-state index contributed by atoms with van der Waals surface area (Å²) in [6.07, 6.45) is 6.27. The Kier molecular flexibility index (Phi) is 3.75. The third-order valence-corrected chi connectivity index (χ3v) is 5.60. The summed E-state index contributed by atoms with van der Waals surface area (Å²) in [4.78, 5) is 42.7. The summed E-state index contributed by atoms with van der Waals surface area (Å²) in [7, 11) is 0. The van der Waals surface area contributed by atoms with Gasteiger partial charge in [0.05, 0.1) is 12.1 Å². The number of nitrogens with two attached hydrogens (primary N) is 1. The molecule has 0 bridgehead atoms. The third kappa shape index (κ3) is 2.50. The number of anilines is 2. The Morgan fingerprint density at radius 1 is 1.11 bits per heavy atom. The molecule has 2 aliphatic rings. The van der Waals surface area contributed by atoms with E-state index in [1.54, 1.807) is 41.6 Å². The van der Waals surface area contributed by atoms with Crippen LogP contribution in [-0.2, 0) is 0 Å². The Morgan fingerprint density at radius 2 is 1.96 bits per heavy atom. The van der Waals surface area contributed by atoms with Gasteiger partial charge in [0.15, 0.2) is 0 Å². The minimum absolute atomic E-state index is 0.0217. The van der Waals surface area contributed by atoms with E-state index >= 15 is 0 Å². The Morgan fingerprint density at radius 3 is 2.82 bits per heavy atom. The minimum atomic E-state index is -0.340. The highest BCUT2D eigenvalue weighted by molar-refractivity contribution is 5.94. The van der Waals surface area contributed by atoms with Crippen LogP contribution < -0.4 is 16.2 Å². The number of aromatic nitrogens is 4. The highest BCUT2D eigenvalue weighted by atomic mass is 16.2. The molecule has 0 aliphatic carbocycles. The molecule has 2 aliphatic heterocycles. The Balaban J connectivity index is 1.44. The van der Waals surface area contributed by atoms with Crippen molar-refractivity contribution in [3.8, 4) is 0 Å². The van der Waals surface area contributed by atoms with Crippen molar-refractivity contribution in [3.05, 3.63) is 58.8 Å². The number of hydrogen-bond donors (Lipinski definition) is 1. The van der Waals surface area contributed by atoms with Crippen LogP contribution in [0.1, 0.15) is 23.2 Å². The van der Waals surface area contributed by atoms with E-state index in [9.17, 15) is 9.59 Å². The number of nitrogens with zero attached hydrogens (tertiary/aromatic N) is 6. The van der Waals surface area contributed by atoms with Crippen molar-refractivity contribution in [1.82, 2.24) is 24.3 Å². The molecule has 2 atom stereocenters. The average molecular weight is 377 g/mol. The quantitative estimate of drug-likeness (QED) is 0.695. The van der Waals surface area contributed by atoms with Crippen molar-refractivity contribution in [1.29, 1.82) is 0 Å². The van der Waals surface area contributed by atoms with Crippen LogP contribution in [0.3, 0.4) is 0 Å². The van der Waals surface area contributed by atoms with Gasteiger partial charge in [0.25, 0.3) is 11.5 Å². The van der Waals surface area contributed by atoms with Crippen LogP contribution in [0.2, 0.25) is 0 Å². The summed E-state index contributed by atoms with van der Waals surface area (Å²) < 4.78 is 1.41. The lowest BCUT2D eigenvalue weighted by molar-refractivity contribution is 0.0735. The molecule has 0 spiro atoms. The summed E-state index contributed by atoms with van der Waals surface area (Å²) in [5, 5.41) is 0. The Bertz CT molecular complexity index is 1130. The second-order valence-electron chi connectivity index (χ2n) is 7.09. The SMILES string of the molecule is Nc1ccnc(N2CC[C@H]3[C@@H]2CCN3C(=O)c2cnc3ccccn3c2=O)n1. The number of hydrogen-bond acceptors (Lipinski definition) is 7. The van der Waals surface area contributed by atoms with Crippen molar-refractivity contribution in [3.63, 3.8) is 0 Å². The van der Waals surface area contributed by atoms with Crippen LogP contribution in [0.15, 0.2) is 47.7 Å². The maximum atomic E-state index is 13.2. The Labute approximate surface area is 160 Å². The van der Waals surface area contributed by atoms with Gasteiger partial charge in [0, 0.05) is 31.7 Å². The molecule has 28 heavy (non-hydrogen) atoms. The van der Waals surface area contributed by atoms with Crippen LogP contribution in [0.5, 0.6) is 0 Å². The molecule has 9 nitrogen and oxygen atoms in total. The molecule has 0 saturated carbocycles. The number of carbonyl (C=O) groups excluding carboxylic acids is 1. The van der Waals surface area contributed by atoms with Crippen molar-refractivity contribution in [2.45, 2.75) is 24.9 Å². The predicted octanol–water partition coefficient (Wildman–Crippen LogP) is 0.560. The van der Waals surface area contributed by atoms with Crippen molar-refractivity contribution < 1.29 is 4.79 Å². The molecule has 2 saturated heterocycles. The molecule has 3 aromatic rings. The van der Waals surface area contributed by atoms with Crippen LogP contribution >= 0.6 is 0 Å². The second kappa shape index (κ2) is 6.29. The van der Waals surface area contributed by atoms with E-state index in [-0.39, 0.29) is 29.1 Å². The van der Waals surface area contributed by atoms with E-state index in [4.69, 9.17) is 5.73 Å². The van der Waals surface area contributed by atoms with E-state index < -0.39 is 0 Å². The molecule has 0 aromatic carbocycles. The standard InChI is InChI=1S/C19H19N7O2/c20-15-4-7-21-19(23-15)25-10-6-13-14(25)5-9-24(13)17(27)12-11-22-16-3-1-2-8-26(16)18(12)28/h1-4,7-8,11,13-14H,5-6,9-10H2,(H2,20,21,23)/t13-,14-/m0/s1. The monoisotopic (exact) mass is 377 g/mol. The van der Waals surface area contributed by atoms with Gasteiger partial charge >= 0.3 is 0 Å². The van der Waals surface area contributed by atoms with Crippen molar-refractivity contribution in [2.24, 2.45) is 0 Å². The molecule has 142 valence electrons. The summed E-state index contributed by atoms with van der Waals surface area (Å²) in [5.74, 6) is 0.752. The van der Waals surface area contributed by atoms with Gasteiger partial charge in [-0.1, -0.05) is 6.07 Å². The second-order valence-corrected chi connectivity index (χ2v) is 7.09. The highest BCUT2D eigenvalue weighted by Gasteiger charge is 2.45. The minimum Gasteiger partial charge on any atom is -0.384 e. The maximum Gasteiger partial charge on any atom is 0.270 e. The fraction of sp³-hybridized carbons (Fsp3) is 0.316. The number of amides is 1. The molecule has 3 aromatic heterocycles. The number of fused-ring (bicyclic) bond motifs is 2. The number of likely N-dealkylation sites (tertiary alicyclic amines) is 1. The van der Waals surface area contributed by atoms with E-state index in [1.807, 2.05) is 0 Å². The van der Waals surface area contributed by atoms with Gasteiger partial charge in [-0.3, -0.25) is 14.0 Å². The highest BCUT2D eigenvalue weighted by Crippen LogP contribution is 2.34. The van der Waals surface area contributed by atoms with Gasteiger partial charge in [-0.05, 0) is 31.0 Å². The van der Waals surface area contributed by atoms with E-state index in [1.165, 1.54) is 10.6 Å². The van der Waals surface area contributed by atoms with Crippen LogP contribution in [0.25, 0.3) is 5.65 Å². The first kappa shape index (κ1) is 16.7. The van der Waals surface area contributed by atoms with Crippen LogP contribution in [-0.4, -0.2) is 55.3 Å². The normalized spacial score (nSPS) is 21.3. The number of pyridine rings is 1. The van der Waals surface area contributed by atoms with Crippen LogP contribution in [0, 0.1) is 0 Å². The van der Waals surface area contributed by atoms with E-state index in [0.717, 1.165) is 19.4 Å². The van der Waals surface area contributed by atoms with E-state index in [2.05, 4.69) is 19.9 Å². The molecule has 2 fully saturated rings. The van der Waals surface area contributed by atoms with Gasteiger partial charge < -0.3 is 15.5 Å². The smallest absolute Gasteiger partial charge is 0.270 e. The summed E-state index contributed by atoms with van der Waals surface area (Å²) in [5.41, 5.74) is 6.07. The van der Waals surface area contributed by atoms with Gasteiger partial charge in [0.1, 0.15) is 17.0 Å². The van der Waals surface area contributed by atoms with Gasteiger partial charge in [0.2, 0.25) is 5.95 Å². The number of carbonyl (C=O) groups is 1. The topological polar surface area (TPSA) is 110 Å². The number of rotatable bonds is 2. The maximum absolute atomic E-state index is 13.2. The third-order valence-electron chi connectivity index (χ3n) is 5.60. The lowest BCUT2D eigenvalue weighted by Gasteiger charge is -2.25. The molecule has 0 unspecified atom stereocenters. The molecule has 5 rings (SSSR count). The zero-order chi connectivity index (χ0) is 19.3. The summed E-state index contributed by atoms with van der Waals surface area (Å²) in [6, 6.07) is 7.09. The molecule has 2 N–H and O–H groups in total. The molecular weight excluding hydrogens is 358 g/mol. The molecule has 9 heteroatoms. The Hall–Kier alpha value is -3.49. The fourth-order valence-corrected chi connectivity index (χ4v) is 4.32. The molecular formula is C19H19N7O2. The molecule has 0 radical (unpaired) electrons. The fourth-order valence-electron chi connectivity index (χ4n) is 4.32. The molecule has 1 amide bonds.